The molecule has 2 heterocycles. The van der Waals surface area contributed by atoms with Gasteiger partial charge >= 0.3 is 0 Å². The van der Waals surface area contributed by atoms with Crippen LogP contribution >= 0.6 is 0 Å². The molecule has 20 heavy (non-hydrogen) atoms. The molecule has 2 atom stereocenters. The first-order valence-corrected chi connectivity index (χ1v) is 7.16. The molecule has 0 saturated carbocycles. The van der Waals surface area contributed by atoms with Crippen molar-refractivity contribution in [2.75, 3.05) is 39.5 Å². The molecule has 0 aromatic rings. The van der Waals surface area contributed by atoms with E-state index in [2.05, 4.69) is 5.32 Å². The van der Waals surface area contributed by atoms with Crippen molar-refractivity contribution in [3.8, 4) is 0 Å². The summed E-state index contributed by atoms with van der Waals surface area (Å²) in [5, 5.41) is 2.79. The first-order chi connectivity index (χ1) is 9.66. The van der Waals surface area contributed by atoms with Crippen LogP contribution in [0.15, 0.2) is 0 Å². The highest BCUT2D eigenvalue weighted by molar-refractivity contribution is 5.82. The number of rotatable bonds is 5. The third-order valence-corrected chi connectivity index (χ3v) is 3.69. The Bertz CT molecular complexity index is 312. The summed E-state index contributed by atoms with van der Waals surface area (Å²) in [4.78, 5) is 13.6. The Labute approximate surface area is 117 Å². The number of carbonyl (C=O) groups excluding carboxylic acids is 1. The monoisotopic (exact) mass is 292 g/mol. The Morgan fingerprint density at radius 3 is 2.90 bits per heavy atom. The van der Waals surface area contributed by atoms with Gasteiger partial charge in [-0.2, -0.15) is 0 Å². The van der Waals surface area contributed by atoms with Gasteiger partial charge in [0.15, 0.2) is 0 Å². The van der Waals surface area contributed by atoms with Crippen molar-refractivity contribution in [1.29, 1.82) is 0 Å². The number of amides is 1. The zero-order valence-electron chi connectivity index (χ0n) is 11.5. The molecule has 0 aromatic heterocycles. The maximum Gasteiger partial charge on any atom is 0.251 e. The quantitative estimate of drug-likeness (QED) is 0.808. The minimum absolute atomic E-state index is 0.0424. The molecule has 2 aliphatic rings. The lowest BCUT2D eigenvalue weighted by molar-refractivity contribution is -0.134. The molecule has 1 amide bonds. The standard InChI is InChI=1S/C13H22F2N2O3/c14-12(15)8-17-4-6-19-9-11(17)13(18)16-7-10-3-1-2-5-20-10/h10-12H,1-9H2,(H,16,18)/t10-,11+/m1/s1. The number of hydrogen-bond acceptors (Lipinski definition) is 4. The van der Waals surface area contributed by atoms with Gasteiger partial charge in [0.05, 0.1) is 25.9 Å². The minimum Gasteiger partial charge on any atom is -0.378 e. The van der Waals surface area contributed by atoms with E-state index in [0.717, 1.165) is 25.9 Å². The summed E-state index contributed by atoms with van der Waals surface area (Å²) in [6.07, 6.45) is 0.696. The van der Waals surface area contributed by atoms with Crippen molar-refractivity contribution in [2.45, 2.75) is 37.8 Å². The zero-order valence-corrected chi connectivity index (χ0v) is 11.5. The van der Waals surface area contributed by atoms with E-state index in [1.54, 1.807) is 0 Å². The van der Waals surface area contributed by atoms with Crippen LogP contribution in [0.5, 0.6) is 0 Å². The number of morpholine rings is 1. The number of nitrogens with one attached hydrogen (secondary N) is 1. The summed E-state index contributed by atoms with van der Waals surface area (Å²) in [5.74, 6) is -0.250. The number of carbonyl (C=O) groups is 1. The van der Waals surface area contributed by atoms with Crippen LogP contribution in [0.25, 0.3) is 0 Å². The van der Waals surface area contributed by atoms with Crippen molar-refractivity contribution in [3.63, 3.8) is 0 Å². The Balaban J connectivity index is 1.79. The predicted molar refractivity (Wildman–Crippen MR) is 68.8 cm³/mol. The highest BCUT2D eigenvalue weighted by atomic mass is 19.3. The molecule has 5 nitrogen and oxygen atoms in total. The zero-order chi connectivity index (χ0) is 14.4. The van der Waals surface area contributed by atoms with Gasteiger partial charge in [0.1, 0.15) is 6.04 Å². The van der Waals surface area contributed by atoms with Crippen LogP contribution in [0.1, 0.15) is 19.3 Å². The lowest BCUT2D eigenvalue weighted by atomic mass is 10.1. The summed E-state index contributed by atoms with van der Waals surface area (Å²) in [7, 11) is 0. The van der Waals surface area contributed by atoms with Crippen LogP contribution in [0.4, 0.5) is 8.78 Å². The third kappa shape index (κ3) is 4.64. The largest absolute Gasteiger partial charge is 0.378 e. The second-order valence-electron chi connectivity index (χ2n) is 5.21. The second kappa shape index (κ2) is 7.85. The molecule has 2 aliphatic heterocycles. The molecular formula is C13H22F2N2O3. The molecule has 116 valence electrons. The Morgan fingerprint density at radius 1 is 1.35 bits per heavy atom. The van der Waals surface area contributed by atoms with Gasteiger partial charge in [-0.1, -0.05) is 0 Å². The number of ether oxygens (including phenoxy) is 2. The molecule has 0 bridgehead atoms. The average molecular weight is 292 g/mol. The molecule has 0 spiro atoms. The average Bonchev–Trinajstić information content (AvgIpc) is 2.46. The van der Waals surface area contributed by atoms with E-state index in [1.165, 1.54) is 4.90 Å². The normalized spacial score (nSPS) is 28.6. The maximum atomic E-state index is 12.5. The van der Waals surface area contributed by atoms with E-state index in [4.69, 9.17) is 9.47 Å². The van der Waals surface area contributed by atoms with Gasteiger partial charge in [0, 0.05) is 19.7 Å². The first-order valence-electron chi connectivity index (χ1n) is 7.16. The Morgan fingerprint density at radius 2 is 2.20 bits per heavy atom. The van der Waals surface area contributed by atoms with Gasteiger partial charge < -0.3 is 14.8 Å². The van der Waals surface area contributed by atoms with Crippen molar-refractivity contribution in [2.24, 2.45) is 0 Å². The fourth-order valence-corrected chi connectivity index (χ4v) is 2.58. The number of nitrogens with zero attached hydrogens (tertiary/aromatic N) is 1. The van der Waals surface area contributed by atoms with E-state index >= 15 is 0 Å². The molecule has 0 unspecified atom stereocenters. The van der Waals surface area contributed by atoms with Crippen molar-refractivity contribution in [1.82, 2.24) is 10.2 Å². The molecular weight excluding hydrogens is 270 g/mol. The van der Waals surface area contributed by atoms with Gasteiger partial charge in [-0.15, -0.1) is 0 Å². The molecule has 0 radical (unpaired) electrons. The molecule has 0 aromatic carbocycles. The topological polar surface area (TPSA) is 50.8 Å². The number of halogens is 2. The van der Waals surface area contributed by atoms with E-state index in [9.17, 15) is 13.6 Å². The maximum absolute atomic E-state index is 12.5. The number of alkyl halides is 2. The third-order valence-electron chi connectivity index (χ3n) is 3.69. The Kier molecular flexibility index (Phi) is 6.12. The van der Waals surface area contributed by atoms with Crippen molar-refractivity contribution in [3.05, 3.63) is 0 Å². The van der Waals surface area contributed by atoms with Crippen LogP contribution in [0, 0.1) is 0 Å². The second-order valence-corrected chi connectivity index (χ2v) is 5.21. The molecule has 7 heteroatoms. The number of hydrogen-bond donors (Lipinski definition) is 1. The van der Waals surface area contributed by atoms with E-state index in [-0.39, 0.29) is 25.2 Å². The van der Waals surface area contributed by atoms with Crippen LogP contribution in [0.3, 0.4) is 0 Å². The van der Waals surface area contributed by atoms with Crippen LogP contribution in [-0.2, 0) is 14.3 Å². The molecule has 0 aliphatic carbocycles. The van der Waals surface area contributed by atoms with Crippen LogP contribution in [0.2, 0.25) is 0 Å². The van der Waals surface area contributed by atoms with Gasteiger partial charge in [-0.3, -0.25) is 9.69 Å². The van der Waals surface area contributed by atoms with Crippen LogP contribution in [-0.4, -0.2) is 68.8 Å². The predicted octanol–water partition coefficient (Wildman–Crippen LogP) is 0.638. The van der Waals surface area contributed by atoms with Gasteiger partial charge in [-0.25, -0.2) is 8.78 Å². The molecule has 2 fully saturated rings. The van der Waals surface area contributed by atoms with Crippen LogP contribution < -0.4 is 5.32 Å². The van der Waals surface area contributed by atoms with Crippen molar-refractivity contribution < 1.29 is 23.0 Å². The SMILES string of the molecule is O=C(NC[C@H]1CCCCO1)[C@@H]1COCCN1CC(F)F. The summed E-state index contributed by atoms with van der Waals surface area (Å²) in [6.45, 7) is 1.71. The van der Waals surface area contributed by atoms with E-state index < -0.39 is 12.5 Å². The smallest absolute Gasteiger partial charge is 0.251 e. The fourth-order valence-electron chi connectivity index (χ4n) is 2.58. The molecule has 1 N–H and O–H groups in total. The summed E-state index contributed by atoms with van der Waals surface area (Å²) in [5.41, 5.74) is 0. The molecule has 2 rings (SSSR count). The summed E-state index contributed by atoms with van der Waals surface area (Å²) >= 11 is 0. The van der Waals surface area contributed by atoms with Gasteiger partial charge in [0.25, 0.3) is 6.43 Å². The van der Waals surface area contributed by atoms with Crippen molar-refractivity contribution >= 4 is 5.91 Å². The van der Waals surface area contributed by atoms with Gasteiger partial charge in [-0.05, 0) is 19.3 Å². The highest BCUT2D eigenvalue weighted by Crippen LogP contribution is 2.13. The lowest BCUT2D eigenvalue weighted by Crippen LogP contribution is -2.55. The van der Waals surface area contributed by atoms with Gasteiger partial charge in [0.2, 0.25) is 5.91 Å². The lowest BCUT2D eigenvalue weighted by Gasteiger charge is -2.34. The first kappa shape index (κ1) is 15.6. The minimum atomic E-state index is -2.44. The Hall–Kier alpha value is -0.790. The van der Waals surface area contributed by atoms with E-state index in [1.807, 2.05) is 0 Å². The molecule has 2 saturated heterocycles. The summed E-state index contributed by atoms with van der Waals surface area (Å²) in [6, 6.07) is -0.624. The van der Waals surface area contributed by atoms with E-state index in [0.29, 0.717) is 19.7 Å². The fraction of sp³-hybridized carbons (Fsp3) is 0.923. The highest BCUT2D eigenvalue weighted by Gasteiger charge is 2.31. The summed E-state index contributed by atoms with van der Waals surface area (Å²) < 4.78 is 35.8.